The highest BCUT2D eigenvalue weighted by Gasteiger charge is 2.10. The minimum Gasteiger partial charge on any atom is -0.497 e. The van der Waals surface area contributed by atoms with Gasteiger partial charge < -0.3 is 9.15 Å². The van der Waals surface area contributed by atoms with Crippen LogP contribution in [0.5, 0.6) is 5.75 Å². The quantitative estimate of drug-likeness (QED) is 0.484. The molecule has 0 atom stereocenters. The summed E-state index contributed by atoms with van der Waals surface area (Å²) in [6.07, 6.45) is 0. The van der Waals surface area contributed by atoms with Gasteiger partial charge in [-0.25, -0.2) is 4.79 Å². The van der Waals surface area contributed by atoms with E-state index in [1.807, 2.05) is 54.6 Å². The molecule has 4 aromatic rings. The monoisotopic (exact) mass is 334 g/mol. The summed E-state index contributed by atoms with van der Waals surface area (Å²) in [4.78, 5) is 14.0. The van der Waals surface area contributed by atoms with Gasteiger partial charge in [0, 0.05) is 26.8 Å². The van der Waals surface area contributed by atoms with E-state index in [0.717, 1.165) is 32.0 Å². The average Bonchev–Trinajstić information content (AvgIpc) is 3.11. The second-order valence-electron chi connectivity index (χ2n) is 5.37. The number of hydrogen-bond acceptors (Lipinski definition) is 4. The molecule has 0 saturated heterocycles. The third kappa shape index (κ3) is 2.61. The van der Waals surface area contributed by atoms with Crippen LogP contribution in [-0.4, -0.2) is 7.11 Å². The zero-order valence-electron chi connectivity index (χ0n) is 13.0. The van der Waals surface area contributed by atoms with Crippen LogP contribution in [0.4, 0.5) is 0 Å². The maximum absolute atomic E-state index is 11.8. The lowest BCUT2D eigenvalue weighted by Gasteiger charge is -2.03. The molecule has 0 aliphatic carbocycles. The summed E-state index contributed by atoms with van der Waals surface area (Å²) in [7, 11) is 1.66. The van der Waals surface area contributed by atoms with Gasteiger partial charge in [0.15, 0.2) is 0 Å². The van der Waals surface area contributed by atoms with Gasteiger partial charge in [0.25, 0.3) is 0 Å². The van der Waals surface area contributed by atoms with E-state index in [2.05, 4.69) is 6.07 Å². The van der Waals surface area contributed by atoms with Crippen molar-refractivity contribution in [3.63, 3.8) is 0 Å². The van der Waals surface area contributed by atoms with Crippen molar-refractivity contribution in [2.24, 2.45) is 0 Å². The standard InChI is InChI=1S/C20H14O3S/c1-22-14-8-6-13(7-9-14)18-10-11-19(24-18)16-12-20(21)23-17-5-3-2-4-15(16)17/h2-12H,1H3. The van der Waals surface area contributed by atoms with Crippen LogP contribution in [0, 0.1) is 0 Å². The summed E-state index contributed by atoms with van der Waals surface area (Å²) < 4.78 is 10.5. The van der Waals surface area contributed by atoms with E-state index >= 15 is 0 Å². The minimum atomic E-state index is -0.330. The Morgan fingerprint density at radius 3 is 2.46 bits per heavy atom. The third-order valence-electron chi connectivity index (χ3n) is 3.90. The summed E-state index contributed by atoms with van der Waals surface area (Å²) in [5.41, 5.74) is 2.31. The van der Waals surface area contributed by atoms with E-state index in [4.69, 9.17) is 9.15 Å². The predicted octanol–water partition coefficient (Wildman–Crippen LogP) is 5.20. The zero-order chi connectivity index (χ0) is 16.5. The van der Waals surface area contributed by atoms with Crippen molar-refractivity contribution in [2.75, 3.05) is 7.11 Å². The van der Waals surface area contributed by atoms with Crippen molar-refractivity contribution < 1.29 is 9.15 Å². The van der Waals surface area contributed by atoms with Crippen LogP contribution in [0.25, 0.3) is 31.9 Å². The molecule has 4 heteroatoms. The molecule has 0 aliphatic rings. The average molecular weight is 334 g/mol. The van der Waals surface area contributed by atoms with Gasteiger partial charge in [0.05, 0.1) is 7.11 Å². The molecule has 2 heterocycles. The van der Waals surface area contributed by atoms with Gasteiger partial charge in [-0.05, 0) is 48.0 Å². The number of methoxy groups -OCH3 is 1. The lowest BCUT2D eigenvalue weighted by atomic mass is 10.1. The lowest BCUT2D eigenvalue weighted by molar-refractivity contribution is 0.415. The molecule has 24 heavy (non-hydrogen) atoms. The van der Waals surface area contributed by atoms with E-state index in [0.29, 0.717) is 5.58 Å². The van der Waals surface area contributed by atoms with Gasteiger partial charge in [-0.1, -0.05) is 18.2 Å². The first-order valence-electron chi connectivity index (χ1n) is 7.52. The van der Waals surface area contributed by atoms with Crippen molar-refractivity contribution in [1.29, 1.82) is 0 Å². The van der Waals surface area contributed by atoms with E-state index in [1.165, 1.54) is 0 Å². The smallest absolute Gasteiger partial charge is 0.336 e. The first-order valence-corrected chi connectivity index (χ1v) is 8.34. The number of para-hydroxylation sites is 1. The van der Waals surface area contributed by atoms with Gasteiger partial charge in [0.2, 0.25) is 0 Å². The van der Waals surface area contributed by atoms with Crippen molar-refractivity contribution in [1.82, 2.24) is 0 Å². The Bertz CT molecular complexity index is 1060. The summed E-state index contributed by atoms with van der Waals surface area (Å²) in [6.45, 7) is 0. The van der Waals surface area contributed by atoms with Crippen LogP contribution in [0.1, 0.15) is 0 Å². The number of ether oxygens (including phenoxy) is 1. The highest BCUT2D eigenvalue weighted by Crippen LogP contribution is 2.37. The topological polar surface area (TPSA) is 39.4 Å². The Hall–Kier alpha value is -2.85. The molecule has 0 aliphatic heterocycles. The van der Waals surface area contributed by atoms with Crippen molar-refractivity contribution in [3.8, 4) is 26.6 Å². The predicted molar refractivity (Wildman–Crippen MR) is 97.8 cm³/mol. The molecular formula is C20H14O3S. The molecule has 0 spiro atoms. The number of benzene rings is 2. The molecule has 0 saturated carbocycles. The van der Waals surface area contributed by atoms with E-state index in [9.17, 15) is 4.79 Å². The molecule has 0 fully saturated rings. The molecule has 118 valence electrons. The number of hydrogen-bond donors (Lipinski definition) is 0. The normalized spacial score (nSPS) is 10.9. The Labute approximate surface area is 142 Å². The summed E-state index contributed by atoms with van der Waals surface area (Å²) in [5, 5.41) is 0.945. The lowest BCUT2D eigenvalue weighted by Crippen LogP contribution is -1.97. The maximum atomic E-state index is 11.8. The number of thiophene rings is 1. The number of fused-ring (bicyclic) bond motifs is 1. The van der Waals surface area contributed by atoms with Crippen molar-refractivity contribution >= 4 is 22.3 Å². The van der Waals surface area contributed by atoms with Gasteiger partial charge >= 0.3 is 5.63 Å². The molecule has 0 unspecified atom stereocenters. The van der Waals surface area contributed by atoms with Gasteiger partial charge in [-0.3, -0.25) is 0 Å². The van der Waals surface area contributed by atoms with E-state index < -0.39 is 0 Å². The Balaban J connectivity index is 1.81. The summed E-state index contributed by atoms with van der Waals surface area (Å²) in [5.74, 6) is 0.835. The SMILES string of the molecule is COc1ccc(-c2ccc(-c3cc(=O)oc4ccccc34)s2)cc1. The highest BCUT2D eigenvalue weighted by molar-refractivity contribution is 7.18. The first kappa shape index (κ1) is 14.7. The van der Waals surface area contributed by atoms with Gasteiger partial charge in [-0.15, -0.1) is 11.3 Å². The molecular weight excluding hydrogens is 320 g/mol. The Morgan fingerprint density at radius 2 is 1.67 bits per heavy atom. The molecule has 4 rings (SSSR count). The summed E-state index contributed by atoms with van der Waals surface area (Å²) in [6, 6.07) is 21.2. The van der Waals surface area contributed by atoms with Crippen molar-refractivity contribution in [3.05, 3.63) is 77.2 Å². The largest absolute Gasteiger partial charge is 0.497 e. The van der Waals surface area contributed by atoms with Crippen LogP contribution in [0.3, 0.4) is 0 Å². The van der Waals surface area contributed by atoms with Gasteiger partial charge in [0.1, 0.15) is 11.3 Å². The first-order chi connectivity index (χ1) is 11.7. The second kappa shape index (κ2) is 5.98. The van der Waals surface area contributed by atoms with Crippen LogP contribution >= 0.6 is 11.3 Å². The minimum absolute atomic E-state index is 0.330. The molecule has 0 amide bonds. The fourth-order valence-electron chi connectivity index (χ4n) is 2.71. The number of rotatable bonds is 3. The van der Waals surface area contributed by atoms with E-state index in [1.54, 1.807) is 24.5 Å². The van der Waals surface area contributed by atoms with Gasteiger partial charge in [-0.2, -0.15) is 0 Å². The Morgan fingerprint density at radius 1 is 0.917 bits per heavy atom. The molecule has 3 nitrogen and oxygen atoms in total. The Kier molecular flexibility index (Phi) is 3.67. The van der Waals surface area contributed by atoms with Crippen molar-refractivity contribution in [2.45, 2.75) is 0 Å². The molecule has 0 bridgehead atoms. The second-order valence-corrected chi connectivity index (χ2v) is 6.45. The molecule has 0 radical (unpaired) electrons. The molecule has 2 aromatic heterocycles. The molecule has 2 aromatic carbocycles. The van der Waals surface area contributed by atoms with Crippen LogP contribution in [0.15, 0.2) is 75.9 Å². The zero-order valence-corrected chi connectivity index (χ0v) is 13.8. The fourth-order valence-corrected chi connectivity index (χ4v) is 3.75. The van der Waals surface area contributed by atoms with Crippen LogP contribution < -0.4 is 10.4 Å². The van der Waals surface area contributed by atoms with Crippen LogP contribution in [-0.2, 0) is 0 Å². The van der Waals surface area contributed by atoms with Crippen LogP contribution in [0.2, 0.25) is 0 Å². The highest BCUT2D eigenvalue weighted by atomic mass is 32.1. The third-order valence-corrected chi connectivity index (χ3v) is 5.06. The summed E-state index contributed by atoms with van der Waals surface area (Å²) >= 11 is 1.65. The van der Waals surface area contributed by atoms with E-state index in [-0.39, 0.29) is 5.63 Å². The maximum Gasteiger partial charge on any atom is 0.336 e. The molecule has 0 N–H and O–H groups in total. The fraction of sp³-hybridized carbons (Fsp3) is 0.0500.